The first-order valence-corrected chi connectivity index (χ1v) is 7.35. The summed E-state index contributed by atoms with van der Waals surface area (Å²) >= 11 is 0. The van der Waals surface area contributed by atoms with E-state index in [1.54, 1.807) is 0 Å². The average molecular weight is 242 g/mol. The molecule has 0 aromatic rings. The fourth-order valence-electron chi connectivity index (χ4n) is 2.83. The number of hydrogen-bond donors (Lipinski definition) is 1. The van der Waals surface area contributed by atoms with Crippen LogP contribution in [0.5, 0.6) is 0 Å². The zero-order chi connectivity index (χ0) is 12.5. The van der Waals surface area contributed by atoms with Gasteiger partial charge in [0.05, 0.1) is 6.61 Å². The molecule has 3 nitrogen and oxygen atoms in total. The SMILES string of the molecule is CCNC1CCCC1CN(CC)CCOCC. The van der Waals surface area contributed by atoms with E-state index in [-0.39, 0.29) is 0 Å². The van der Waals surface area contributed by atoms with E-state index in [0.29, 0.717) is 0 Å². The maximum Gasteiger partial charge on any atom is 0.0593 e. The van der Waals surface area contributed by atoms with Gasteiger partial charge < -0.3 is 15.0 Å². The summed E-state index contributed by atoms with van der Waals surface area (Å²) in [4.78, 5) is 2.54. The van der Waals surface area contributed by atoms with E-state index in [9.17, 15) is 0 Å². The van der Waals surface area contributed by atoms with E-state index < -0.39 is 0 Å². The molecule has 1 N–H and O–H groups in total. The molecule has 0 amide bonds. The molecule has 0 radical (unpaired) electrons. The molecular formula is C14H30N2O. The Labute approximate surface area is 107 Å². The van der Waals surface area contributed by atoms with Crippen molar-refractivity contribution in [1.29, 1.82) is 0 Å². The third-order valence-corrected chi connectivity index (χ3v) is 3.82. The lowest BCUT2D eigenvalue weighted by Gasteiger charge is -2.28. The van der Waals surface area contributed by atoms with Crippen molar-refractivity contribution in [2.75, 3.05) is 39.4 Å². The van der Waals surface area contributed by atoms with Crippen LogP contribution in [0, 0.1) is 5.92 Å². The highest BCUT2D eigenvalue weighted by Gasteiger charge is 2.27. The molecule has 17 heavy (non-hydrogen) atoms. The molecule has 1 fully saturated rings. The highest BCUT2D eigenvalue weighted by Crippen LogP contribution is 2.26. The summed E-state index contributed by atoms with van der Waals surface area (Å²) in [5.41, 5.74) is 0. The molecule has 1 saturated carbocycles. The van der Waals surface area contributed by atoms with Crippen LogP contribution in [0.3, 0.4) is 0 Å². The topological polar surface area (TPSA) is 24.5 Å². The summed E-state index contributed by atoms with van der Waals surface area (Å²) in [5.74, 6) is 0.844. The monoisotopic (exact) mass is 242 g/mol. The molecule has 1 aliphatic rings. The molecule has 0 saturated heterocycles. The minimum atomic E-state index is 0.751. The molecule has 0 aliphatic heterocycles. The summed E-state index contributed by atoms with van der Waals surface area (Å²) in [6.45, 7) is 12.8. The largest absolute Gasteiger partial charge is 0.380 e. The maximum atomic E-state index is 5.45. The van der Waals surface area contributed by atoms with Crippen LogP contribution in [-0.4, -0.2) is 50.3 Å². The first kappa shape index (κ1) is 14.9. The van der Waals surface area contributed by atoms with Gasteiger partial charge in [-0.25, -0.2) is 0 Å². The van der Waals surface area contributed by atoms with Gasteiger partial charge in [0.1, 0.15) is 0 Å². The second-order valence-electron chi connectivity index (χ2n) is 4.95. The van der Waals surface area contributed by atoms with Crippen LogP contribution in [-0.2, 0) is 4.74 Å². The first-order chi connectivity index (χ1) is 8.31. The van der Waals surface area contributed by atoms with Gasteiger partial charge in [-0.1, -0.05) is 20.3 Å². The number of likely N-dealkylation sites (N-methyl/N-ethyl adjacent to an activating group) is 1. The van der Waals surface area contributed by atoms with Gasteiger partial charge in [-0.3, -0.25) is 0 Å². The zero-order valence-corrected chi connectivity index (χ0v) is 11.9. The predicted octanol–water partition coefficient (Wildman–Crippen LogP) is 2.12. The lowest BCUT2D eigenvalue weighted by molar-refractivity contribution is 0.106. The highest BCUT2D eigenvalue weighted by atomic mass is 16.5. The van der Waals surface area contributed by atoms with E-state index in [1.165, 1.54) is 25.8 Å². The molecule has 2 unspecified atom stereocenters. The summed E-state index contributed by atoms with van der Waals surface area (Å²) in [5, 5.41) is 3.63. The lowest BCUT2D eigenvalue weighted by Crippen LogP contribution is -2.40. The molecular weight excluding hydrogens is 212 g/mol. The van der Waals surface area contributed by atoms with Gasteiger partial charge in [-0.05, 0) is 38.8 Å². The molecule has 1 rings (SSSR count). The summed E-state index contributed by atoms with van der Waals surface area (Å²) in [6, 6.07) is 0.751. The van der Waals surface area contributed by atoms with Gasteiger partial charge in [-0.2, -0.15) is 0 Å². The van der Waals surface area contributed by atoms with Gasteiger partial charge in [0.15, 0.2) is 0 Å². The molecule has 2 atom stereocenters. The summed E-state index contributed by atoms with van der Waals surface area (Å²) in [6.07, 6.45) is 4.15. The number of hydrogen-bond acceptors (Lipinski definition) is 3. The number of nitrogens with one attached hydrogen (secondary N) is 1. The smallest absolute Gasteiger partial charge is 0.0593 e. The number of nitrogens with zero attached hydrogens (tertiary/aromatic N) is 1. The summed E-state index contributed by atoms with van der Waals surface area (Å²) < 4.78 is 5.45. The van der Waals surface area contributed by atoms with Gasteiger partial charge in [0.2, 0.25) is 0 Å². The number of ether oxygens (including phenoxy) is 1. The predicted molar refractivity (Wildman–Crippen MR) is 73.4 cm³/mol. The average Bonchev–Trinajstić information content (AvgIpc) is 2.76. The van der Waals surface area contributed by atoms with Gasteiger partial charge in [0.25, 0.3) is 0 Å². The van der Waals surface area contributed by atoms with Crippen LogP contribution in [0.25, 0.3) is 0 Å². The van der Waals surface area contributed by atoms with Crippen LogP contribution in [0.2, 0.25) is 0 Å². The fourth-order valence-corrected chi connectivity index (χ4v) is 2.83. The Hall–Kier alpha value is -0.120. The normalized spacial score (nSPS) is 24.7. The van der Waals surface area contributed by atoms with Gasteiger partial charge in [-0.15, -0.1) is 0 Å². The molecule has 0 spiro atoms. The maximum absolute atomic E-state index is 5.45. The minimum Gasteiger partial charge on any atom is -0.380 e. The van der Waals surface area contributed by atoms with Crippen molar-refractivity contribution in [3.05, 3.63) is 0 Å². The molecule has 0 aromatic carbocycles. The first-order valence-electron chi connectivity index (χ1n) is 7.35. The minimum absolute atomic E-state index is 0.751. The van der Waals surface area contributed by atoms with Crippen molar-refractivity contribution < 1.29 is 4.74 Å². The van der Waals surface area contributed by atoms with E-state index in [2.05, 4.69) is 31.0 Å². The fraction of sp³-hybridized carbons (Fsp3) is 1.00. The van der Waals surface area contributed by atoms with Crippen molar-refractivity contribution in [2.24, 2.45) is 5.92 Å². The van der Waals surface area contributed by atoms with Crippen LogP contribution in [0.15, 0.2) is 0 Å². The zero-order valence-electron chi connectivity index (χ0n) is 11.9. The quantitative estimate of drug-likeness (QED) is 0.627. The molecule has 0 heterocycles. The van der Waals surface area contributed by atoms with Crippen molar-refractivity contribution >= 4 is 0 Å². The van der Waals surface area contributed by atoms with Crippen molar-refractivity contribution in [1.82, 2.24) is 10.2 Å². The van der Waals surface area contributed by atoms with E-state index >= 15 is 0 Å². The molecule has 102 valence electrons. The Bertz CT molecular complexity index is 187. The number of rotatable bonds is 9. The Kier molecular flexibility index (Phi) is 7.82. The van der Waals surface area contributed by atoms with E-state index in [4.69, 9.17) is 4.74 Å². The second kappa shape index (κ2) is 8.90. The van der Waals surface area contributed by atoms with E-state index in [1.807, 2.05) is 0 Å². The molecule has 3 heteroatoms. The third-order valence-electron chi connectivity index (χ3n) is 3.82. The Morgan fingerprint density at radius 3 is 2.71 bits per heavy atom. The Morgan fingerprint density at radius 1 is 1.24 bits per heavy atom. The Balaban J connectivity index is 2.28. The van der Waals surface area contributed by atoms with Crippen molar-refractivity contribution in [3.63, 3.8) is 0 Å². The highest BCUT2D eigenvalue weighted by molar-refractivity contribution is 4.84. The van der Waals surface area contributed by atoms with Crippen LogP contribution in [0.4, 0.5) is 0 Å². The summed E-state index contributed by atoms with van der Waals surface area (Å²) in [7, 11) is 0. The van der Waals surface area contributed by atoms with Crippen LogP contribution >= 0.6 is 0 Å². The van der Waals surface area contributed by atoms with Crippen molar-refractivity contribution in [3.8, 4) is 0 Å². The lowest BCUT2D eigenvalue weighted by atomic mass is 10.0. The van der Waals surface area contributed by atoms with Gasteiger partial charge >= 0.3 is 0 Å². The molecule has 0 aromatic heterocycles. The second-order valence-corrected chi connectivity index (χ2v) is 4.95. The van der Waals surface area contributed by atoms with E-state index in [0.717, 1.165) is 44.8 Å². The van der Waals surface area contributed by atoms with Gasteiger partial charge in [0, 0.05) is 25.7 Å². The standard InChI is InChI=1S/C14H30N2O/c1-4-15-14-9-7-8-13(14)12-16(5-2)10-11-17-6-3/h13-15H,4-12H2,1-3H3. The molecule has 0 bridgehead atoms. The Morgan fingerprint density at radius 2 is 2.06 bits per heavy atom. The third kappa shape index (κ3) is 5.36. The molecule has 1 aliphatic carbocycles. The van der Waals surface area contributed by atoms with Crippen LogP contribution in [0.1, 0.15) is 40.0 Å². The van der Waals surface area contributed by atoms with Crippen molar-refractivity contribution in [2.45, 2.75) is 46.1 Å². The van der Waals surface area contributed by atoms with Crippen LogP contribution < -0.4 is 5.32 Å².